The molecule has 2 aliphatic rings. The summed E-state index contributed by atoms with van der Waals surface area (Å²) >= 11 is 0. The minimum atomic E-state index is -5.29. The van der Waals surface area contributed by atoms with Crippen LogP contribution in [0.25, 0.3) is 0 Å². The molecule has 0 spiro atoms. The quantitative estimate of drug-likeness (QED) is 0.347. The lowest BCUT2D eigenvalue weighted by molar-refractivity contribution is -0.185. The first-order valence-corrected chi connectivity index (χ1v) is 12.7. The minimum absolute atomic E-state index is 0.112. The summed E-state index contributed by atoms with van der Waals surface area (Å²) in [6.07, 6.45) is 1.55. The van der Waals surface area contributed by atoms with Crippen LogP contribution in [0.4, 0.5) is 30.7 Å². The van der Waals surface area contributed by atoms with Gasteiger partial charge in [0, 0.05) is 12.1 Å². The van der Waals surface area contributed by atoms with Crippen LogP contribution >= 0.6 is 0 Å². The molecule has 0 aromatic heterocycles. The lowest BCUT2D eigenvalue weighted by atomic mass is 9.68. The van der Waals surface area contributed by atoms with Gasteiger partial charge in [-0.1, -0.05) is 38.3 Å². The fourth-order valence-electron chi connectivity index (χ4n) is 6.03. The number of hydrogen-bond donors (Lipinski definition) is 0. The van der Waals surface area contributed by atoms with Crippen molar-refractivity contribution in [3.63, 3.8) is 0 Å². The molecule has 0 amide bonds. The van der Waals surface area contributed by atoms with Crippen molar-refractivity contribution in [1.29, 1.82) is 0 Å². The molecule has 2 aliphatic carbocycles. The Morgan fingerprint density at radius 2 is 1.25 bits per heavy atom. The summed E-state index contributed by atoms with van der Waals surface area (Å²) < 4.78 is 99.3. The summed E-state index contributed by atoms with van der Waals surface area (Å²) in [5.74, 6) is -2.37. The van der Waals surface area contributed by atoms with Crippen molar-refractivity contribution in [2.24, 2.45) is 17.8 Å². The summed E-state index contributed by atoms with van der Waals surface area (Å²) in [4.78, 5) is 0. The predicted molar refractivity (Wildman–Crippen MR) is 123 cm³/mol. The Morgan fingerprint density at radius 1 is 0.750 bits per heavy atom. The maximum atomic E-state index is 14.6. The summed E-state index contributed by atoms with van der Waals surface area (Å²) in [5.41, 5.74) is -1.74. The van der Waals surface area contributed by atoms with Gasteiger partial charge in [-0.25, -0.2) is 8.78 Å². The second kappa shape index (κ2) is 10.6. The number of rotatable bonds is 6. The van der Waals surface area contributed by atoms with Gasteiger partial charge in [0.2, 0.25) is 0 Å². The molecule has 1 nitrogen and oxygen atoms in total. The van der Waals surface area contributed by atoms with Crippen molar-refractivity contribution in [2.75, 3.05) is 0 Å². The number of halogens is 7. The van der Waals surface area contributed by atoms with E-state index in [2.05, 4.69) is 11.7 Å². The second-order valence-electron chi connectivity index (χ2n) is 10.3. The van der Waals surface area contributed by atoms with Crippen LogP contribution in [0.2, 0.25) is 0 Å². The maximum absolute atomic E-state index is 14.6. The van der Waals surface area contributed by atoms with Gasteiger partial charge in [0.1, 0.15) is 22.9 Å². The van der Waals surface area contributed by atoms with E-state index < -0.39 is 40.8 Å². The molecule has 36 heavy (non-hydrogen) atoms. The number of alkyl halides is 5. The van der Waals surface area contributed by atoms with Crippen LogP contribution in [-0.4, -0.2) is 0 Å². The third-order valence-electron chi connectivity index (χ3n) is 8.17. The average molecular weight is 517 g/mol. The Bertz CT molecular complexity index is 992. The average Bonchev–Trinajstić information content (AvgIpc) is 2.83. The predicted octanol–water partition coefficient (Wildman–Crippen LogP) is 9.60. The minimum Gasteiger partial charge on any atom is -0.429 e. The van der Waals surface area contributed by atoms with Crippen molar-refractivity contribution in [3.8, 4) is 5.75 Å². The molecule has 0 N–H and O–H groups in total. The highest BCUT2D eigenvalue weighted by Crippen LogP contribution is 2.45. The van der Waals surface area contributed by atoms with E-state index in [1.807, 2.05) is 0 Å². The Hall–Kier alpha value is -2.25. The second-order valence-corrected chi connectivity index (χ2v) is 10.3. The topological polar surface area (TPSA) is 9.23 Å². The van der Waals surface area contributed by atoms with Gasteiger partial charge in [0.25, 0.3) is 0 Å². The first-order valence-electron chi connectivity index (χ1n) is 12.7. The van der Waals surface area contributed by atoms with Gasteiger partial charge in [-0.2, -0.15) is 22.0 Å². The van der Waals surface area contributed by atoms with Crippen LogP contribution in [-0.2, 0) is 12.3 Å². The molecule has 0 aliphatic heterocycles. The molecule has 0 heterocycles. The lowest BCUT2D eigenvalue weighted by Crippen LogP contribution is -2.25. The first-order chi connectivity index (χ1) is 17.0. The van der Waals surface area contributed by atoms with E-state index in [4.69, 9.17) is 0 Å². The van der Waals surface area contributed by atoms with Gasteiger partial charge >= 0.3 is 12.3 Å². The molecular formula is C28H31F7O. The Morgan fingerprint density at radius 3 is 1.72 bits per heavy atom. The standard InChI is InChI=1S/C28H31F7O/c1-2-17-3-5-18(6-4-17)19-7-9-20(10-8-19)21-11-13-22(14-12-21)28(34,35)36-23-15-24(29)26(25(30)16-23)27(31,32)33/h11-20H,2-10H2,1H3. The molecule has 2 aromatic carbocycles. The number of hydrogen-bond acceptors (Lipinski definition) is 1. The zero-order valence-corrected chi connectivity index (χ0v) is 20.2. The van der Waals surface area contributed by atoms with Crippen molar-refractivity contribution in [3.05, 3.63) is 64.7 Å². The molecule has 0 radical (unpaired) electrons. The molecule has 2 fully saturated rings. The normalized spacial score (nSPS) is 25.6. The summed E-state index contributed by atoms with van der Waals surface area (Å²) in [6.45, 7) is 2.26. The van der Waals surface area contributed by atoms with E-state index in [9.17, 15) is 30.7 Å². The van der Waals surface area contributed by atoms with Crippen LogP contribution in [0.5, 0.6) is 5.75 Å². The van der Waals surface area contributed by atoms with Gasteiger partial charge in [-0.15, -0.1) is 0 Å². The summed E-state index contributed by atoms with van der Waals surface area (Å²) in [5, 5.41) is 0. The zero-order chi connectivity index (χ0) is 26.1. The van der Waals surface area contributed by atoms with Crippen LogP contribution in [0.15, 0.2) is 36.4 Å². The van der Waals surface area contributed by atoms with Gasteiger partial charge < -0.3 is 4.74 Å². The molecule has 4 rings (SSSR count). The molecular weight excluding hydrogens is 485 g/mol. The Kier molecular flexibility index (Phi) is 7.91. The Balaban J connectivity index is 1.37. The van der Waals surface area contributed by atoms with E-state index >= 15 is 0 Å². The number of benzene rings is 2. The van der Waals surface area contributed by atoms with E-state index in [1.54, 1.807) is 12.1 Å². The van der Waals surface area contributed by atoms with Crippen LogP contribution in [0.3, 0.4) is 0 Å². The molecule has 0 atom stereocenters. The molecule has 0 unspecified atom stereocenters. The summed E-state index contributed by atoms with van der Waals surface area (Å²) in [7, 11) is 0. The molecule has 198 valence electrons. The third-order valence-corrected chi connectivity index (χ3v) is 8.17. The highest BCUT2D eigenvalue weighted by atomic mass is 19.4. The van der Waals surface area contributed by atoms with Crippen molar-refractivity contribution in [2.45, 2.75) is 82.9 Å². The van der Waals surface area contributed by atoms with E-state index in [0.717, 1.165) is 49.0 Å². The fraction of sp³-hybridized carbons (Fsp3) is 0.571. The van der Waals surface area contributed by atoms with Crippen LogP contribution in [0, 0.1) is 29.4 Å². The SMILES string of the molecule is CCC1CCC(C2CCC(c3ccc(C(F)(F)Oc4cc(F)c(C(F)(F)F)c(F)c4)cc3)CC2)CC1. The maximum Gasteiger partial charge on any atom is 0.426 e. The van der Waals surface area contributed by atoms with Gasteiger partial charge in [-0.3, -0.25) is 0 Å². The van der Waals surface area contributed by atoms with Gasteiger partial charge in [0.05, 0.1) is 5.56 Å². The van der Waals surface area contributed by atoms with Crippen LogP contribution in [0.1, 0.15) is 87.3 Å². The summed E-state index contributed by atoms with van der Waals surface area (Å²) in [6, 6.07) is 5.84. The molecule has 2 aromatic rings. The third kappa shape index (κ3) is 6.00. The van der Waals surface area contributed by atoms with Gasteiger partial charge in [0.15, 0.2) is 0 Å². The lowest BCUT2D eigenvalue weighted by Gasteiger charge is -2.38. The van der Waals surface area contributed by atoms with Crippen molar-refractivity contribution >= 4 is 0 Å². The van der Waals surface area contributed by atoms with E-state index in [1.165, 1.54) is 44.2 Å². The molecule has 0 saturated heterocycles. The number of ether oxygens (including phenoxy) is 1. The first kappa shape index (κ1) is 26.8. The zero-order valence-electron chi connectivity index (χ0n) is 20.2. The van der Waals surface area contributed by atoms with Crippen molar-refractivity contribution < 1.29 is 35.5 Å². The highest BCUT2D eigenvalue weighted by Gasteiger charge is 2.40. The van der Waals surface area contributed by atoms with Crippen molar-refractivity contribution in [1.82, 2.24) is 0 Å². The fourth-order valence-corrected chi connectivity index (χ4v) is 6.03. The van der Waals surface area contributed by atoms with E-state index in [0.29, 0.717) is 0 Å². The molecule has 2 saturated carbocycles. The molecule has 8 heteroatoms. The monoisotopic (exact) mass is 516 g/mol. The van der Waals surface area contributed by atoms with Crippen LogP contribution < -0.4 is 4.74 Å². The smallest absolute Gasteiger partial charge is 0.426 e. The largest absolute Gasteiger partial charge is 0.429 e. The highest BCUT2D eigenvalue weighted by molar-refractivity contribution is 5.34. The Labute approximate surface area is 207 Å². The van der Waals surface area contributed by atoms with Gasteiger partial charge in [-0.05, 0) is 79.9 Å². The van der Waals surface area contributed by atoms with E-state index in [-0.39, 0.29) is 18.1 Å². The molecule has 0 bridgehead atoms.